The fraction of sp³-hybridized carbons (Fsp3) is 0.706. The van der Waals surface area contributed by atoms with Gasteiger partial charge >= 0.3 is 0 Å². The highest BCUT2D eigenvalue weighted by Gasteiger charge is 2.15. The largest absolute Gasteiger partial charge is 0.356 e. The summed E-state index contributed by atoms with van der Waals surface area (Å²) in [4.78, 5) is 9.16. The molecule has 23 heavy (non-hydrogen) atoms. The summed E-state index contributed by atoms with van der Waals surface area (Å²) in [6.45, 7) is 7.88. The highest BCUT2D eigenvalue weighted by molar-refractivity contribution is 14.0. The molecular weight excluding hydrogens is 401 g/mol. The van der Waals surface area contributed by atoms with E-state index in [9.17, 15) is 0 Å². The van der Waals surface area contributed by atoms with Crippen molar-refractivity contribution in [2.45, 2.75) is 26.3 Å². The smallest absolute Gasteiger partial charge is 0.193 e. The van der Waals surface area contributed by atoms with Crippen molar-refractivity contribution in [3.8, 4) is 0 Å². The standard InChI is InChI=1S/C17H31N5.HI/c1-15(13-22-10-5-6-11-22)12-19-17(18-2)21(4)14-16-8-7-9-20(16)3;/h7-9,15H,5-6,10-14H2,1-4H3,(H,18,19);1H. The normalized spacial score (nSPS) is 17.0. The van der Waals surface area contributed by atoms with Gasteiger partial charge in [0.05, 0.1) is 6.54 Å². The van der Waals surface area contributed by atoms with Crippen LogP contribution < -0.4 is 5.32 Å². The van der Waals surface area contributed by atoms with Gasteiger partial charge in [-0.1, -0.05) is 6.92 Å². The van der Waals surface area contributed by atoms with Gasteiger partial charge in [-0.2, -0.15) is 0 Å². The van der Waals surface area contributed by atoms with Crippen LogP contribution in [0.2, 0.25) is 0 Å². The second-order valence-electron chi connectivity index (χ2n) is 6.51. The number of likely N-dealkylation sites (tertiary alicyclic amines) is 1. The van der Waals surface area contributed by atoms with E-state index >= 15 is 0 Å². The first-order valence-electron chi connectivity index (χ1n) is 8.34. The van der Waals surface area contributed by atoms with Crippen molar-refractivity contribution in [2.75, 3.05) is 40.3 Å². The second-order valence-corrected chi connectivity index (χ2v) is 6.51. The van der Waals surface area contributed by atoms with E-state index in [1.54, 1.807) is 0 Å². The van der Waals surface area contributed by atoms with E-state index in [0.717, 1.165) is 19.0 Å². The first-order chi connectivity index (χ1) is 10.6. The lowest BCUT2D eigenvalue weighted by atomic mass is 10.1. The van der Waals surface area contributed by atoms with Crippen molar-refractivity contribution >= 4 is 29.9 Å². The molecule has 1 aliphatic heterocycles. The molecule has 1 atom stereocenters. The fourth-order valence-corrected chi connectivity index (χ4v) is 3.10. The van der Waals surface area contributed by atoms with Gasteiger partial charge in [-0.15, -0.1) is 24.0 Å². The highest BCUT2D eigenvalue weighted by atomic mass is 127. The lowest BCUT2D eigenvalue weighted by Gasteiger charge is -2.25. The number of nitrogens with one attached hydrogen (secondary N) is 1. The van der Waals surface area contributed by atoms with Crippen LogP contribution in [0.3, 0.4) is 0 Å². The molecule has 0 aliphatic carbocycles. The zero-order chi connectivity index (χ0) is 15.9. The molecule has 2 heterocycles. The van der Waals surface area contributed by atoms with Crippen LogP contribution in [0.25, 0.3) is 0 Å². The molecule has 0 radical (unpaired) electrons. The number of aliphatic imine (C=N–C) groups is 1. The molecule has 132 valence electrons. The van der Waals surface area contributed by atoms with E-state index in [4.69, 9.17) is 0 Å². The van der Waals surface area contributed by atoms with Crippen molar-refractivity contribution in [3.05, 3.63) is 24.0 Å². The van der Waals surface area contributed by atoms with E-state index < -0.39 is 0 Å². The van der Waals surface area contributed by atoms with Crippen molar-refractivity contribution in [1.29, 1.82) is 0 Å². The Morgan fingerprint density at radius 3 is 2.65 bits per heavy atom. The Morgan fingerprint density at radius 2 is 2.09 bits per heavy atom. The van der Waals surface area contributed by atoms with Gasteiger partial charge < -0.3 is 19.7 Å². The third kappa shape index (κ3) is 6.33. The molecule has 2 rings (SSSR count). The summed E-state index contributed by atoms with van der Waals surface area (Å²) in [5.41, 5.74) is 1.29. The van der Waals surface area contributed by atoms with Crippen molar-refractivity contribution in [1.82, 2.24) is 19.7 Å². The average Bonchev–Trinajstić information content (AvgIpc) is 3.12. The molecule has 1 aromatic rings. The van der Waals surface area contributed by atoms with Crippen molar-refractivity contribution in [3.63, 3.8) is 0 Å². The van der Waals surface area contributed by atoms with Gasteiger partial charge in [0.1, 0.15) is 0 Å². The minimum Gasteiger partial charge on any atom is -0.356 e. The minimum absolute atomic E-state index is 0. The zero-order valence-electron chi connectivity index (χ0n) is 15.0. The first kappa shape index (κ1) is 20.3. The lowest BCUT2D eigenvalue weighted by Crippen LogP contribution is -2.42. The molecule has 0 bridgehead atoms. The molecular formula is C17H32IN5. The van der Waals surface area contributed by atoms with Crippen LogP contribution in [0.5, 0.6) is 0 Å². The first-order valence-corrected chi connectivity index (χ1v) is 8.34. The van der Waals surface area contributed by atoms with E-state index in [1.165, 1.54) is 38.2 Å². The topological polar surface area (TPSA) is 35.8 Å². The van der Waals surface area contributed by atoms with Crippen LogP contribution in [0.1, 0.15) is 25.5 Å². The zero-order valence-corrected chi connectivity index (χ0v) is 17.3. The number of aryl methyl sites for hydroxylation is 1. The Labute approximate surface area is 158 Å². The van der Waals surface area contributed by atoms with Crippen molar-refractivity contribution in [2.24, 2.45) is 18.0 Å². The Hall–Kier alpha value is -0.760. The molecule has 1 fully saturated rings. The third-order valence-corrected chi connectivity index (χ3v) is 4.40. The Bertz CT molecular complexity index is 479. The fourth-order valence-electron chi connectivity index (χ4n) is 3.10. The molecule has 1 N–H and O–H groups in total. The van der Waals surface area contributed by atoms with E-state index in [0.29, 0.717) is 5.92 Å². The Kier molecular flexibility index (Phi) is 8.98. The Balaban J connectivity index is 0.00000264. The van der Waals surface area contributed by atoms with Gasteiger partial charge in [0.25, 0.3) is 0 Å². The van der Waals surface area contributed by atoms with Crippen LogP contribution in [-0.4, -0.2) is 60.6 Å². The maximum absolute atomic E-state index is 4.41. The van der Waals surface area contributed by atoms with Crippen LogP contribution in [-0.2, 0) is 13.6 Å². The summed E-state index contributed by atoms with van der Waals surface area (Å²) >= 11 is 0. The number of rotatable bonds is 6. The van der Waals surface area contributed by atoms with E-state index in [2.05, 4.69) is 64.0 Å². The third-order valence-electron chi connectivity index (χ3n) is 4.40. The van der Waals surface area contributed by atoms with Gasteiger partial charge in [-0.25, -0.2) is 0 Å². The van der Waals surface area contributed by atoms with Gasteiger partial charge in [-0.05, 0) is 44.0 Å². The average molecular weight is 433 g/mol. The van der Waals surface area contributed by atoms with Gasteiger partial charge in [0.2, 0.25) is 0 Å². The van der Waals surface area contributed by atoms with Gasteiger partial charge in [0, 0.05) is 46.1 Å². The van der Waals surface area contributed by atoms with Gasteiger partial charge in [-0.3, -0.25) is 4.99 Å². The second kappa shape index (κ2) is 10.2. The summed E-state index contributed by atoms with van der Waals surface area (Å²) < 4.78 is 2.15. The Morgan fingerprint density at radius 1 is 1.39 bits per heavy atom. The van der Waals surface area contributed by atoms with Crippen LogP contribution in [0, 0.1) is 5.92 Å². The van der Waals surface area contributed by atoms with E-state index in [-0.39, 0.29) is 24.0 Å². The molecule has 0 amide bonds. The molecule has 1 aromatic heterocycles. The van der Waals surface area contributed by atoms with Gasteiger partial charge in [0.15, 0.2) is 5.96 Å². The summed E-state index contributed by atoms with van der Waals surface area (Å²) in [6.07, 6.45) is 4.81. The number of aromatic nitrogens is 1. The van der Waals surface area contributed by atoms with Crippen LogP contribution in [0.15, 0.2) is 23.3 Å². The molecule has 1 saturated heterocycles. The van der Waals surface area contributed by atoms with Crippen molar-refractivity contribution < 1.29 is 0 Å². The number of hydrogen-bond acceptors (Lipinski definition) is 2. The molecule has 0 saturated carbocycles. The predicted molar refractivity (Wildman–Crippen MR) is 108 cm³/mol. The number of halogens is 1. The number of hydrogen-bond donors (Lipinski definition) is 1. The summed E-state index contributed by atoms with van der Waals surface area (Å²) in [5, 5.41) is 3.51. The minimum atomic E-state index is 0. The monoisotopic (exact) mass is 433 g/mol. The molecule has 0 spiro atoms. The molecule has 6 heteroatoms. The predicted octanol–water partition coefficient (Wildman–Crippen LogP) is 2.38. The number of guanidine groups is 1. The molecule has 1 unspecified atom stereocenters. The lowest BCUT2D eigenvalue weighted by molar-refractivity contribution is 0.286. The number of nitrogens with zero attached hydrogens (tertiary/aromatic N) is 4. The summed E-state index contributed by atoms with van der Waals surface area (Å²) in [7, 11) is 6.03. The summed E-state index contributed by atoms with van der Waals surface area (Å²) in [6, 6.07) is 4.23. The molecule has 5 nitrogen and oxygen atoms in total. The van der Waals surface area contributed by atoms with E-state index in [1.807, 2.05) is 7.05 Å². The maximum Gasteiger partial charge on any atom is 0.193 e. The van der Waals surface area contributed by atoms with Crippen LogP contribution in [0.4, 0.5) is 0 Å². The molecule has 0 aromatic carbocycles. The molecule has 1 aliphatic rings. The van der Waals surface area contributed by atoms with Crippen LogP contribution >= 0.6 is 24.0 Å². The maximum atomic E-state index is 4.41. The highest BCUT2D eigenvalue weighted by Crippen LogP contribution is 2.10. The SMILES string of the molecule is CN=C(NCC(C)CN1CCCC1)N(C)Cc1cccn1C.I. The quantitative estimate of drug-likeness (QED) is 0.425. The summed E-state index contributed by atoms with van der Waals surface area (Å²) in [5.74, 6) is 1.60.